The average Bonchev–Trinajstić information content (AvgIpc) is 2.71. The van der Waals surface area contributed by atoms with E-state index >= 15 is 0 Å². The summed E-state index contributed by atoms with van der Waals surface area (Å²) in [6, 6.07) is 0. The largest absolute Gasteiger partial charge is 0.273 e. The quantitative estimate of drug-likeness (QED) is 0.669. The summed E-state index contributed by atoms with van der Waals surface area (Å²) in [4.78, 5) is 0. The van der Waals surface area contributed by atoms with Crippen molar-refractivity contribution in [2.75, 3.05) is 0 Å². The van der Waals surface area contributed by atoms with Gasteiger partial charge in [-0.3, -0.25) is 4.68 Å². The van der Waals surface area contributed by atoms with Gasteiger partial charge in [-0.2, -0.15) is 5.10 Å². The fourth-order valence-corrected chi connectivity index (χ4v) is 2.33. The van der Waals surface area contributed by atoms with Crippen molar-refractivity contribution in [2.24, 2.45) is 0 Å². The zero-order valence-electron chi connectivity index (χ0n) is 7.91. The Hall–Kier alpha value is -0.500. The highest BCUT2D eigenvalue weighted by Crippen LogP contribution is 2.36. The normalized spacial score (nSPS) is 28.2. The summed E-state index contributed by atoms with van der Waals surface area (Å²) < 4.78 is 1.98. The van der Waals surface area contributed by atoms with Crippen molar-refractivity contribution in [2.45, 2.75) is 44.0 Å². The van der Waals surface area contributed by atoms with Crippen molar-refractivity contribution in [1.82, 2.24) is 9.78 Å². The van der Waals surface area contributed by atoms with Crippen LogP contribution in [0.1, 0.15) is 37.7 Å². The van der Waals surface area contributed by atoms with Gasteiger partial charge in [0, 0.05) is 18.1 Å². The van der Waals surface area contributed by atoms with Crippen LogP contribution >= 0.6 is 11.6 Å². The molecule has 2 atom stereocenters. The summed E-state index contributed by atoms with van der Waals surface area (Å²) >= 11 is 6.07. The number of hydrogen-bond donors (Lipinski definition) is 0. The molecule has 0 N–H and O–H groups in total. The predicted molar refractivity (Wildman–Crippen MR) is 54.1 cm³/mol. The van der Waals surface area contributed by atoms with Crippen molar-refractivity contribution >= 4 is 11.6 Å². The third-order valence-electron chi connectivity index (χ3n) is 2.82. The molecular formula is C10H15ClN2. The van der Waals surface area contributed by atoms with E-state index in [2.05, 4.69) is 18.2 Å². The Morgan fingerprint density at radius 1 is 1.62 bits per heavy atom. The molecule has 13 heavy (non-hydrogen) atoms. The van der Waals surface area contributed by atoms with Crippen LogP contribution in [0.4, 0.5) is 0 Å². The Morgan fingerprint density at radius 3 is 3.00 bits per heavy atom. The summed E-state index contributed by atoms with van der Waals surface area (Å²) in [5.74, 6) is 0.655. The van der Waals surface area contributed by atoms with E-state index in [1.165, 1.54) is 12.0 Å². The van der Waals surface area contributed by atoms with Crippen LogP contribution in [0.2, 0.25) is 0 Å². The third kappa shape index (κ3) is 1.88. The Bertz CT molecular complexity index is 282. The molecule has 1 fully saturated rings. The molecule has 0 bridgehead atoms. The molecule has 2 rings (SSSR count). The number of rotatable bonds is 2. The average molecular weight is 199 g/mol. The number of aromatic nitrogens is 2. The smallest absolute Gasteiger partial charge is 0.0524 e. The zero-order valence-corrected chi connectivity index (χ0v) is 8.67. The van der Waals surface area contributed by atoms with Crippen LogP contribution in [0.5, 0.6) is 0 Å². The molecule has 0 amide bonds. The molecule has 0 saturated heterocycles. The molecule has 0 aliphatic heterocycles. The van der Waals surface area contributed by atoms with Gasteiger partial charge in [-0.15, -0.1) is 11.6 Å². The molecule has 0 aromatic carbocycles. The maximum Gasteiger partial charge on any atom is 0.0524 e. The Kier molecular flexibility index (Phi) is 2.58. The first-order valence-corrected chi connectivity index (χ1v) is 5.39. The van der Waals surface area contributed by atoms with Gasteiger partial charge in [0.05, 0.1) is 6.20 Å². The highest BCUT2D eigenvalue weighted by Gasteiger charge is 2.24. The first kappa shape index (κ1) is 9.07. The van der Waals surface area contributed by atoms with E-state index in [1.807, 2.05) is 10.9 Å². The minimum atomic E-state index is 0.384. The van der Waals surface area contributed by atoms with Gasteiger partial charge in [-0.25, -0.2) is 0 Å². The van der Waals surface area contributed by atoms with Crippen molar-refractivity contribution in [3.05, 3.63) is 18.0 Å². The van der Waals surface area contributed by atoms with Gasteiger partial charge >= 0.3 is 0 Å². The summed E-state index contributed by atoms with van der Waals surface area (Å²) in [7, 11) is 0. The van der Waals surface area contributed by atoms with E-state index in [0.29, 0.717) is 11.3 Å². The fraction of sp³-hybridized carbons (Fsp3) is 0.700. The lowest BCUT2D eigenvalue weighted by Gasteiger charge is -2.04. The third-order valence-corrected chi connectivity index (χ3v) is 3.21. The standard InChI is InChI=1S/C10H15ClN2/c1-2-13-7-9(6-12-13)8-3-4-10(11)5-8/h6-8,10H,2-5H2,1H3. The molecular weight excluding hydrogens is 184 g/mol. The second-order valence-electron chi connectivity index (χ2n) is 3.74. The fourth-order valence-electron chi connectivity index (χ4n) is 1.99. The van der Waals surface area contributed by atoms with Crippen LogP contribution in [-0.4, -0.2) is 15.2 Å². The number of halogens is 1. The van der Waals surface area contributed by atoms with Crippen LogP contribution in [0.15, 0.2) is 12.4 Å². The topological polar surface area (TPSA) is 17.8 Å². The molecule has 2 nitrogen and oxygen atoms in total. The van der Waals surface area contributed by atoms with E-state index in [9.17, 15) is 0 Å². The van der Waals surface area contributed by atoms with Crippen LogP contribution in [-0.2, 0) is 6.54 Å². The molecule has 3 heteroatoms. The summed E-state index contributed by atoms with van der Waals surface area (Å²) in [6.07, 6.45) is 7.65. The van der Waals surface area contributed by atoms with E-state index < -0.39 is 0 Å². The van der Waals surface area contributed by atoms with Crippen LogP contribution in [0.3, 0.4) is 0 Å². The lowest BCUT2D eigenvalue weighted by molar-refractivity contribution is 0.656. The van der Waals surface area contributed by atoms with Crippen molar-refractivity contribution in [1.29, 1.82) is 0 Å². The highest BCUT2D eigenvalue weighted by molar-refractivity contribution is 6.20. The summed E-state index contributed by atoms with van der Waals surface area (Å²) in [5.41, 5.74) is 1.37. The van der Waals surface area contributed by atoms with Gasteiger partial charge < -0.3 is 0 Å². The molecule has 1 aliphatic rings. The molecule has 2 unspecified atom stereocenters. The van der Waals surface area contributed by atoms with E-state index in [-0.39, 0.29) is 0 Å². The maximum atomic E-state index is 6.07. The Balaban J connectivity index is 2.08. The van der Waals surface area contributed by atoms with Crippen molar-refractivity contribution in [3.8, 4) is 0 Å². The van der Waals surface area contributed by atoms with Crippen LogP contribution < -0.4 is 0 Å². The highest BCUT2D eigenvalue weighted by atomic mass is 35.5. The second kappa shape index (κ2) is 3.70. The monoisotopic (exact) mass is 198 g/mol. The molecule has 0 spiro atoms. The van der Waals surface area contributed by atoms with Gasteiger partial charge in [0.25, 0.3) is 0 Å². The maximum absolute atomic E-state index is 6.07. The first-order chi connectivity index (χ1) is 6.29. The predicted octanol–water partition coefficient (Wildman–Crippen LogP) is 2.78. The molecule has 1 aromatic rings. The molecule has 1 aliphatic carbocycles. The number of nitrogens with zero attached hydrogens (tertiary/aromatic N) is 2. The summed E-state index contributed by atoms with van der Waals surface area (Å²) in [6.45, 7) is 3.06. The number of aryl methyl sites for hydroxylation is 1. The molecule has 1 heterocycles. The van der Waals surface area contributed by atoms with Gasteiger partial charge in [0.2, 0.25) is 0 Å². The van der Waals surface area contributed by atoms with E-state index in [1.54, 1.807) is 0 Å². The second-order valence-corrected chi connectivity index (χ2v) is 4.35. The van der Waals surface area contributed by atoms with Crippen LogP contribution in [0.25, 0.3) is 0 Å². The number of hydrogen-bond acceptors (Lipinski definition) is 1. The minimum absolute atomic E-state index is 0.384. The van der Waals surface area contributed by atoms with Crippen molar-refractivity contribution < 1.29 is 0 Å². The van der Waals surface area contributed by atoms with E-state index in [4.69, 9.17) is 11.6 Å². The molecule has 1 saturated carbocycles. The Morgan fingerprint density at radius 2 is 2.46 bits per heavy atom. The van der Waals surface area contributed by atoms with Gasteiger partial charge in [0.1, 0.15) is 0 Å². The lowest BCUT2D eigenvalue weighted by Crippen LogP contribution is -1.94. The van der Waals surface area contributed by atoms with Crippen LogP contribution in [0, 0.1) is 0 Å². The van der Waals surface area contributed by atoms with Gasteiger partial charge in [-0.05, 0) is 37.7 Å². The first-order valence-electron chi connectivity index (χ1n) is 4.96. The minimum Gasteiger partial charge on any atom is -0.273 e. The van der Waals surface area contributed by atoms with E-state index in [0.717, 1.165) is 19.4 Å². The zero-order chi connectivity index (χ0) is 9.26. The molecule has 1 aromatic heterocycles. The SMILES string of the molecule is CCn1cc(C2CCC(Cl)C2)cn1. The number of alkyl halides is 1. The van der Waals surface area contributed by atoms with Gasteiger partial charge in [0.15, 0.2) is 0 Å². The van der Waals surface area contributed by atoms with Gasteiger partial charge in [-0.1, -0.05) is 0 Å². The molecule has 0 radical (unpaired) electrons. The lowest BCUT2D eigenvalue weighted by atomic mass is 10.0. The Labute approximate surface area is 83.9 Å². The molecule has 72 valence electrons. The van der Waals surface area contributed by atoms with Crippen molar-refractivity contribution in [3.63, 3.8) is 0 Å². The summed E-state index contributed by atoms with van der Waals surface area (Å²) in [5, 5.41) is 4.66.